The fourth-order valence-electron chi connectivity index (χ4n) is 8.32. The van der Waals surface area contributed by atoms with Gasteiger partial charge >= 0.3 is 0 Å². The Morgan fingerprint density at radius 2 is 1.78 bits per heavy atom. The van der Waals surface area contributed by atoms with Crippen molar-refractivity contribution in [3.8, 4) is 0 Å². The maximum absolute atomic E-state index is 14.1. The molecule has 2 aliphatic heterocycles. The lowest BCUT2D eigenvalue weighted by Gasteiger charge is -2.47. The highest BCUT2D eigenvalue weighted by Gasteiger charge is 2.51. The molecular formula is C30H54N4O2. The predicted molar refractivity (Wildman–Crippen MR) is 147 cm³/mol. The van der Waals surface area contributed by atoms with Crippen LogP contribution < -0.4 is 5.32 Å². The van der Waals surface area contributed by atoms with Gasteiger partial charge in [0, 0.05) is 31.7 Å². The summed E-state index contributed by atoms with van der Waals surface area (Å²) in [6.07, 6.45) is 10.7. The summed E-state index contributed by atoms with van der Waals surface area (Å²) in [7, 11) is 4.48. The molecule has 2 aliphatic carbocycles. The molecule has 5 unspecified atom stereocenters. The van der Waals surface area contributed by atoms with Crippen LogP contribution in [0.25, 0.3) is 0 Å². The Labute approximate surface area is 220 Å². The smallest absolute Gasteiger partial charge is 0.245 e. The van der Waals surface area contributed by atoms with E-state index in [0.29, 0.717) is 23.8 Å². The Morgan fingerprint density at radius 1 is 1.06 bits per heavy atom. The molecule has 6 heteroatoms. The molecule has 0 radical (unpaired) electrons. The van der Waals surface area contributed by atoms with Crippen LogP contribution in [0, 0.1) is 29.1 Å². The highest BCUT2D eigenvalue weighted by molar-refractivity contribution is 5.90. The van der Waals surface area contributed by atoms with E-state index in [-0.39, 0.29) is 29.9 Å². The minimum Gasteiger partial charge on any atom is -0.338 e. The molecule has 6 nitrogen and oxygen atoms in total. The summed E-state index contributed by atoms with van der Waals surface area (Å²) < 4.78 is 0. The maximum atomic E-state index is 14.1. The molecule has 1 N–H and O–H groups in total. The Kier molecular flexibility index (Phi) is 8.76. The van der Waals surface area contributed by atoms with E-state index in [0.717, 1.165) is 56.7 Å². The SMILES string of the molecule is CC(C)CC(C(=O)N1CCC2(CC3CCC(N(C)C)CC3C2)C[C@@H]1C)N1CCN[C@@H](CC(C)C)C1=O. The first-order valence-corrected chi connectivity index (χ1v) is 15.0. The number of amides is 2. The van der Waals surface area contributed by atoms with Crippen LogP contribution in [-0.4, -0.2) is 84.4 Å². The number of fused-ring (bicyclic) bond motifs is 1. The van der Waals surface area contributed by atoms with Gasteiger partial charge in [0.1, 0.15) is 6.04 Å². The molecule has 4 rings (SSSR count). The largest absolute Gasteiger partial charge is 0.338 e. The van der Waals surface area contributed by atoms with Crippen molar-refractivity contribution in [1.82, 2.24) is 20.0 Å². The number of hydrogen-bond acceptors (Lipinski definition) is 4. The van der Waals surface area contributed by atoms with E-state index < -0.39 is 0 Å². The first-order chi connectivity index (χ1) is 17.0. The van der Waals surface area contributed by atoms with E-state index in [1.807, 2.05) is 4.90 Å². The Bertz CT molecular complexity index is 783. The Balaban J connectivity index is 1.43. The number of piperidine rings is 1. The predicted octanol–water partition coefficient (Wildman–Crippen LogP) is 4.39. The second kappa shape index (κ2) is 11.3. The van der Waals surface area contributed by atoms with Gasteiger partial charge in [-0.1, -0.05) is 27.7 Å². The monoisotopic (exact) mass is 502 g/mol. The van der Waals surface area contributed by atoms with Crippen molar-refractivity contribution < 1.29 is 9.59 Å². The molecule has 0 aromatic rings. The first kappa shape index (κ1) is 27.9. The van der Waals surface area contributed by atoms with Gasteiger partial charge in [0.2, 0.25) is 11.8 Å². The summed E-state index contributed by atoms with van der Waals surface area (Å²) in [6, 6.07) is 0.525. The minimum atomic E-state index is -0.322. The summed E-state index contributed by atoms with van der Waals surface area (Å²) in [5.74, 6) is 2.91. The van der Waals surface area contributed by atoms with Crippen molar-refractivity contribution in [3.05, 3.63) is 0 Å². The first-order valence-electron chi connectivity index (χ1n) is 15.0. The summed E-state index contributed by atoms with van der Waals surface area (Å²) in [5.41, 5.74) is 0.424. The molecule has 36 heavy (non-hydrogen) atoms. The molecule has 7 atom stereocenters. The molecule has 2 heterocycles. The summed E-state index contributed by atoms with van der Waals surface area (Å²) >= 11 is 0. The lowest BCUT2D eigenvalue weighted by atomic mass is 9.73. The normalized spacial score (nSPS) is 36.3. The number of hydrogen-bond donors (Lipinski definition) is 1. The van der Waals surface area contributed by atoms with E-state index >= 15 is 0 Å². The minimum absolute atomic E-state index is 0.130. The molecule has 0 bridgehead atoms. The van der Waals surface area contributed by atoms with E-state index in [1.54, 1.807) is 0 Å². The number of nitrogens with one attached hydrogen (secondary N) is 1. The third-order valence-corrected chi connectivity index (χ3v) is 10.0. The topological polar surface area (TPSA) is 55.9 Å². The third kappa shape index (κ3) is 5.95. The van der Waals surface area contributed by atoms with Crippen LogP contribution >= 0.6 is 0 Å². The second-order valence-corrected chi connectivity index (χ2v) is 14.0. The van der Waals surface area contributed by atoms with E-state index in [2.05, 4.69) is 63.8 Å². The molecule has 1 spiro atoms. The Morgan fingerprint density at radius 3 is 2.42 bits per heavy atom. The van der Waals surface area contributed by atoms with Crippen LogP contribution in [0.2, 0.25) is 0 Å². The van der Waals surface area contributed by atoms with Crippen LogP contribution in [0.4, 0.5) is 0 Å². The molecule has 206 valence electrons. The highest BCUT2D eigenvalue weighted by Crippen LogP contribution is 2.57. The van der Waals surface area contributed by atoms with Gasteiger partial charge in [-0.05, 0) is 108 Å². The summed E-state index contributed by atoms with van der Waals surface area (Å²) in [4.78, 5) is 34.1. The number of nitrogens with zero attached hydrogens (tertiary/aromatic N) is 3. The van der Waals surface area contributed by atoms with Gasteiger partial charge in [-0.15, -0.1) is 0 Å². The van der Waals surface area contributed by atoms with E-state index in [9.17, 15) is 9.59 Å². The van der Waals surface area contributed by atoms with Gasteiger partial charge in [-0.2, -0.15) is 0 Å². The van der Waals surface area contributed by atoms with Crippen molar-refractivity contribution in [2.75, 3.05) is 33.7 Å². The highest BCUT2D eigenvalue weighted by atomic mass is 16.2. The van der Waals surface area contributed by atoms with Gasteiger partial charge in [0.05, 0.1) is 6.04 Å². The average molecular weight is 503 g/mol. The number of carbonyl (C=O) groups excluding carboxylic acids is 2. The third-order valence-electron chi connectivity index (χ3n) is 10.0. The van der Waals surface area contributed by atoms with Crippen molar-refractivity contribution >= 4 is 11.8 Å². The number of rotatable bonds is 7. The molecule has 2 amide bonds. The molecule has 2 saturated heterocycles. The van der Waals surface area contributed by atoms with Crippen molar-refractivity contribution in [2.24, 2.45) is 29.1 Å². The zero-order valence-electron chi connectivity index (χ0n) is 24.3. The lowest BCUT2D eigenvalue weighted by Crippen LogP contribution is -2.63. The fourth-order valence-corrected chi connectivity index (χ4v) is 8.32. The van der Waals surface area contributed by atoms with E-state index in [4.69, 9.17) is 0 Å². The van der Waals surface area contributed by atoms with Crippen molar-refractivity contribution in [1.29, 1.82) is 0 Å². The lowest BCUT2D eigenvalue weighted by molar-refractivity contribution is -0.152. The van der Waals surface area contributed by atoms with Gasteiger partial charge in [0.25, 0.3) is 0 Å². The standard InChI is InChI=1S/C30H54N4O2/c1-20(2)14-26-28(35)34(13-11-31-26)27(15-21(3)4)29(36)33-12-10-30(17-22(33)5)18-23-8-9-25(32(6)7)16-24(23)19-30/h20-27,31H,8-19H2,1-7H3/t22-,23?,24?,25?,26-,27?,30?/m0/s1. The summed E-state index contributed by atoms with van der Waals surface area (Å²) in [6.45, 7) is 13.2. The molecule has 4 fully saturated rings. The van der Waals surface area contributed by atoms with Crippen molar-refractivity contribution in [2.45, 2.75) is 117 Å². The molecule has 2 saturated carbocycles. The van der Waals surface area contributed by atoms with Gasteiger partial charge in [-0.25, -0.2) is 0 Å². The average Bonchev–Trinajstić information content (AvgIpc) is 3.14. The van der Waals surface area contributed by atoms with Crippen LogP contribution in [0.1, 0.15) is 92.4 Å². The van der Waals surface area contributed by atoms with Crippen LogP contribution in [0.3, 0.4) is 0 Å². The zero-order chi connectivity index (χ0) is 26.2. The second-order valence-electron chi connectivity index (χ2n) is 14.0. The molecular weight excluding hydrogens is 448 g/mol. The number of carbonyl (C=O) groups is 2. The quantitative estimate of drug-likeness (QED) is 0.561. The van der Waals surface area contributed by atoms with Gasteiger partial charge in [-0.3, -0.25) is 9.59 Å². The van der Waals surface area contributed by atoms with Crippen LogP contribution in [-0.2, 0) is 9.59 Å². The van der Waals surface area contributed by atoms with Crippen LogP contribution in [0.15, 0.2) is 0 Å². The fraction of sp³-hybridized carbons (Fsp3) is 0.933. The summed E-state index contributed by atoms with van der Waals surface area (Å²) in [5, 5.41) is 3.41. The zero-order valence-corrected chi connectivity index (χ0v) is 24.3. The van der Waals surface area contributed by atoms with E-state index in [1.165, 1.54) is 32.1 Å². The maximum Gasteiger partial charge on any atom is 0.245 e. The van der Waals surface area contributed by atoms with Crippen molar-refractivity contribution in [3.63, 3.8) is 0 Å². The molecule has 0 aromatic heterocycles. The Hall–Kier alpha value is -1.14. The number of likely N-dealkylation sites (tertiary alicyclic amines) is 1. The van der Waals surface area contributed by atoms with Gasteiger partial charge in [0.15, 0.2) is 0 Å². The molecule has 4 aliphatic rings. The van der Waals surface area contributed by atoms with Gasteiger partial charge < -0.3 is 20.0 Å². The van der Waals surface area contributed by atoms with Crippen LogP contribution in [0.5, 0.6) is 0 Å². The molecule has 0 aromatic carbocycles. The number of piperazine rings is 1.